The van der Waals surface area contributed by atoms with Gasteiger partial charge in [0.05, 0.1) is 0 Å². The van der Waals surface area contributed by atoms with Gasteiger partial charge in [-0.1, -0.05) is 12.8 Å². The molecule has 3 atom stereocenters. The number of carbonyl (C=O) groups is 1. The molecule has 1 saturated carbocycles. The van der Waals surface area contributed by atoms with E-state index in [1.165, 1.54) is 38.6 Å². The van der Waals surface area contributed by atoms with Gasteiger partial charge >= 0.3 is 0 Å². The summed E-state index contributed by atoms with van der Waals surface area (Å²) in [6.07, 6.45) is 8.41. The normalized spacial score (nSPS) is 46.3. The lowest BCUT2D eigenvalue weighted by molar-refractivity contribution is -0.136. The molecule has 0 spiro atoms. The van der Waals surface area contributed by atoms with Gasteiger partial charge in [-0.05, 0) is 39.2 Å². The predicted octanol–water partition coefficient (Wildman–Crippen LogP) is 2.37. The third-order valence-electron chi connectivity index (χ3n) is 4.91. The second kappa shape index (κ2) is 3.31. The number of piperidine rings is 1. The molecule has 0 aromatic carbocycles. The first-order valence-electron chi connectivity index (χ1n) is 6.50. The van der Waals surface area contributed by atoms with Crippen molar-refractivity contribution in [1.82, 2.24) is 4.90 Å². The fourth-order valence-corrected chi connectivity index (χ4v) is 4.17. The zero-order valence-electron chi connectivity index (χ0n) is 9.67. The number of nitrogens with zero attached hydrogens (tertiary/aromatic N) is 1. The molecule has 3 rings (SSSR count). The van der Waals surface area contributed by atoms with E-state index in [2.05, 4.69) is 11.8 Å². The van der Waals surface area contributed by atoms with Crippen LogP contribution in [0.2, 0.25) is 0 Å². The van der Waals surface area contributed by atoms with Crippen LogP contribution in [-0.4, -0.2) is 28.8 Å². The van der Waals surface area contributed by atoms with Gasteiger partial charge < -0.3 is 0 Å². The Morgan fingerprint density at radius 1 is 1.27 bits per heavy atom. The SMILES string of the molecule is C[C@@]12CCCN1C1CCCCC1C(=O)C2. The van der Waals surface area contributed by atoms with E-state index in [-0.39, 0.29) is 5.54 Å². The Hall–Kier alpha value is -0.370. The molecule has 1 aliphatic carbocycles. The van der Waals surface area contributed by atoms with Crippen molar-refractivity contribution in [2.75, 3.05) is 6.54 Å². The van der Waals surface area contributed by atoms with Crippen molar-refractivity contribution >= 4 is 5.78 Å². The summed E-state index contributed by atoms with van der Waals surface area (Å²) < 4.78 is 0. The minimum atomic E-state index is 0.232. The summed E-state index contributed by atoms with van der Waals surface area (Å²) in [5.41, 5.74) is 0.232. The Balaban J connectivity index is 1.91. The van der Waals surface area contributed by atoms with Gasteiger partial charge in [0, 0.05) is 23.9 Å². The summed E-state index contributed by atoms with van der Waals surface area (Å²) in [5.74, 6) is 0.963. The number of fused-ring (bicyclic) bond motifs is 3. The van der Waals surface area contributed by atoms with Crippen LogP contribution in [-0.2, 0) is 4.79 Å². The summed E-state index contributed by atoms with van der Waals surface area (Å²) in [4.78, 5) is 14.8. The minimum Gasteiger partial charge on any atom is -0.299 e. The first-order chi connectivity index (χ1) is 7.21. The first kappa shape index (κ1) is 9.83. The lowest BCUT2D eigenvalue weighted by Gasteiger charge is -2.50. The van der Waals surface area contributed by atoms with E-state index >= 15 is 0 Å². The first-order valence-corrected chi connectivity index (χ1v) is 6.50. The molecule has 0 amide bonds. The van der Waals surface area contributed by atoms with Crippen LogP contribution in [0.15, 0.2) is 0 Å². The molecule has 0 aromatic heterocycles. The van der Waals surface area contributed by atoms with E-state index in [4.69, 9.17) is 0 Å². The zero-order chi connectivity index (χ0) is 10.5. The smallest absolute Gasteiger partial charge is 0.139 e. The topological polar surface area (TPSA) is 20.3 Å². The van der Waals surface area contributed by atoms with Gasteiger partial charge in [-0.2, -0.15) is 0 Å². The average molecular weight is 207 g/mol. The number of carbonyl (C=O) groups excluding carboxylic acids is 1. The van der Waals surface area contributed by atoms with Crippen LogP contribution in [0.5, 0.6) is 0 Å². The van der Waals surface area contributed by atoms with Crippen molar-refractivity contribution in [2.24, 2.45) is 5.92 Å². The number of rotatable bonds is 0. The van der Waals surface area contributed by atoms with Crippen molar-refractivity contribution in [3.8, 4) is 0 Å². The van der Waals surface area contributed by atoms with Crippen LogP contribution in [0.1, 0.15) is 51.9 Å². The summed E-state index contributed by atoms with van der Waals surface area (Å²) in [6.45, 7) is 3.55. The Morgan fingerprint density at radius 2 is 2.07 bits per heavy atom. The van der Waals surface area contributed by atoms with Crippen molar-refractivity contribution in [2.45, 2.75) is 63.5 Å². The maximum atomic E-state index is 12.1. The molecule has 2 saturated heterocycles. The van der Waals surface area contributed by atoms with E-state index in [0.717, 1.165) is 12.8 Å². The van der Waals surface area contributed by atoms with E-state index in [1.807, 2.05) is 0 Å². The molecule has 0 bridgehead atoms. The largest absolute Gasteiger partial charge is 0.299 e. The van der Waals surface area contributed by atoms with E-state index in [0.29, 0.717) is 17.7 Å². The highest BCUT2D eigenvalue weighted by Crippen LogP contribution is 2.45. The molecule has 3 fully saturated rings. The van der Waals surface area contributed by atoms with Crippen LogP contribution >= 0.6 is 0 Å². The highest BCUT2D eigenvalue weighted by molar-refractivity contribution is 5.84. The average Bonchev–Trinajstić information content (AvgIpc) is 2.60. The Labute approximate surface area is 92.0 Å². The van der Waals surface area contributed by atoms with E-state index in [1.54, 1.807) is 0 Å². The third-order valence-corrected chi connectivity index (χ3v) is 4.91. The zero-order valence-corrected chi connectivity index (χ0v) is 9.67. The molecule has 15 heavy (non-hydrogen) atoms. The highest BCUT2D eigenvalue weighted by atomic mass is 16.1. The molecule has 84 valence electrons. The van der Waals surface area contributed by atoms with Gasteiger partial charge in [0.1, 0.15) is 5.78 Å². The van der Waals surface area contributed by atoms with E-state index in [9.17, 15) is 4.79 Å². The summed E-state index contributed by atoms with van der Waals surface area (Å²) in [7, 11) is 0. The van der Waals surface area contributed by atoms with Gasteiger partial charge in [0.15, 0.2) is 0 Å². The summed E-state index contributed by atoms with van der Waals surface area (Å²) in [6, 6.07) is 0.604. The Kier molecular flexibility index (Phi) is 2.17. The quantitative estimate of drug-likeness (QED) is 0.608. The number of Topliss-reactive ketones (excluding diaryl/α,β-unsaturated/α-hetero) is 1. The maximum Gasteiger partial charge on any atom is 0.139 e. The molecule has 0 radical (unpaired) electrons. The van der Waals surface area contributed by atoms with Crippen LogP contribution in [0.25, 0.3) is 0 Å². The molecule has 2 heteroatoms. The molecule has 3 aliphatic rings. The minimum absolute atomic E-state index is 0.232. The Morgan fingerprint density at radius 3 is 2.93 bits per heavy atom. The molecule has 2 nitrogen and oxygen atoms in total. The lowest BCUT2D eigenvalue weighted by Crippen LogP contribution is -2.58. The molecule has 0 N–H and O–H groups in total. The molecule has 2 aliphatic heterocycles. The number of hydrogen-bond acceptors (Lipinski definition) is 2. The molecule has 2 heterocycles. The number of hydrogen-bond donors (Lipinski definition) is 0. The van der Waals surface area contributed by atoms with Gasteiger partial charge in [-0.25, -0.2) is 0 Å². The lowest BCUT2D eigenvalue weighted by atomic mass is 9.72. The van der Waals surface area contributed by atoms with Crippen molar-refractivity contribution < 1.29 is 4.79 Å². The standard InChI is InChI=1S/C13H21NO/c1-13-7-4-8-14(13)11-6-3-2-5-10(11)12(15)9-13/h10-11H,2-9H2,1H3/t10?,11?,13-/m0/s1. The van der Waals surface area contributed by atoms with Crippen LogP contribution in [0.4, 0.5) is 0 Å². The predicted molar refractivity (Wildman–Crippen MR) is 59.7 cm³/mol. The second-order valence-corrected chi connectivity index (χ2v) is 5.90. The van der Waals surface area contributed by atoms with Crippen molar-refractivity contribution in [3.63, 3.8) is 0 Å². The molecule has 2 unspecified atom stereocenters. The van der Waals surface area contributed by atoms with E-state index < -0.39 is 0 Å². The van der Waals surface area contributed by atoms with Crippen molar-refractivity contribution in [3.05, 3.63) is 0 Å². The molecular formula is C13H21NO. The third kappa shape index (κ3) is 1.37. The highest BCUT2D eigenvalue weighted by Gasteiger charge is 2.50. The Bertz CT molecular complexity index is 288. The van der Waals surface area contributed by atoms with Crippen molar-refractivity contribution in [1.29, 1.82) is 0 Å². The van der Waals surface area contributed by atoms with Gasteiger partial charge in [-0.15, -0.1) is 0 Å². The molecule has 0 aromatic rings. The monoisotopic (exact) mass is 207 g/mol. The van der Waals surface area contributed by atoms with Gasteiger partial charge in [0.25, 0.3) is 0 Å². The second-order valence-electron chi connectivity index (χ2n) is 5.90. The number of ketones is 1. The fourth-order valence-electron chi connectivity index (χ4n) is 4.17. The van der Waals surface area contributed by atoms with Crippen LogP contribution < -0.4 is 0 Å². The van der Waals surface area contributed by atoms with Crippen LogP contribution in [0, 0.1) is 5.92 Å². The van der Waals surface area contributed by atoms with Crippen LogP contribution in [0.3, 0.4) is 0 Å². The summed E-state index contributed by atoms with van der Waals surface area (Å²) >= 11 is 0. The maximum absolute atomic E-state index is 12.1. The van der Waals surface area contributed by atoms with Gasteiger partial charge in [-0.3, -0.25) is 9.69 Å². The molecular weight excluding hydrogens is 186 g/mol. The summed E-state index contributed by atoms with van der Waals surface area (Å²) in [5, 5.41) is 0. The van der Waals surface area contributed by atoms with Gasteiger partial charge in [0.2, 0.25) is 0 Å². The fraction of sp³-hybridized carbons (Fsp3) is 0.923.